The maximum absolute atomic E-state index is 5.69. The molecule has 2 nitrogen and oxygen atoms in total. The molecular formula is C9H12BrNO. The number of hydrogen-bond donors (Lipinski definition) is 1. The summed E-state index contributed by atoms with van der Waals surface area (Å²) in [6, 6.07) is 5.78. The van der Waals surface area contributed by atoms with Gasteiger partial charge in [-0.25, -0.2) is 0 Å². The van der Waals surface area contributed by atoms with Crippen molar-refractivity contribution in [2.45, 2.75) is 13.5 Å². The molecule has 0 radical (unpaired) electrons. The van der Waals surface area contributed by atoms with Gasteiger partial charge in [0.1, 0.15) is 0 Å². The van der Waals surface area contributed by atoms with Gasteiger partial charge in [-0.3, -0.25) is 0 Å². The summed E-state index contributed by atoms with van der Waals surface area (Å²) in [5.41, 5.74) is 7.54. The quantitative estimate of drug-likeness (QED) is 0.810. The molecule has 0 atom stereocenters. The normalized spacial score (nSPS) is 10.2. The van der Waals surface area contributed by atoms with Crippen LogP contribution in [0.15, 0.2) is 22.7 Å². The fourth-order valence-electron chi connectivity index (χ4n) is 0.923. The second-order valence-electron chi connectivity index (χ2n) is 2.46. The fraction of sp³-hybridized carbons (Fsp3) is 0.333. The van der Waals surface area contributed by atoms with Crippen LogP contribution in [0, 0.1) is 0 Å². The van der Waals surface area contributed by atoms with E-state index >= 15 is 0 Å². The molecule has 1 aromatic rings. The van der Waals surface area contributed by atoms with E-state index in [4.69, 9.17) is 10.5 Å². The van der Waals surface area contributed by atoms with Crippen molar-refractivity contribution in [1.82, 2.24) is 0 Å². The lowest BCUT2D eigenvalue weighted by Gasteiger charge is -2.05. The second kappa shape index (κ2) is 4.48. The first kappa shape index (κ1) is 9.55. The Morgan fingerprint density at radius 3 is 2.92 bits per heavy atom. The average Bonchev–Trinajstić information content (AvgIpc) is 2.08. The molecular weight excluding hydrogens is 218 g/mol. The first-order chi connectivity index (χ1) is 5.75. The number of hydrogen-bond acceptors (Lipinski definition) is 2. The number of nitrogens with two attached hydrogens (primary N) is 1. The molecule has 0 fully saturated rings. The average molecular weight is 230 g/mol. The van der Waals surface area contributed by atoms with Gasteiger partial charge in [-0.15, -0.1) is 0 Å². The molecule has 0 unspecified atom stereocenters. The highest BCUT2D eigenvalue weighted by Gasteiger charge is 2.01. The number of anilines is 1. The topological polar surface area (TPSA) is 35.2 Å². The van der Waals surface area contributed by atoms with Gasteiger partial charge in [0.05, 0.1) is 6.61 Å². The van der Waals surface area contributed by atoms with Gasteiger partial charge in [0.25, 0.3) is 0 Å². The molecule has 0 aromatic heterocycles. The summed E-state index contributed by atoms with van der Waals surface area (Å²) >= 11 is 3.41. The van der Waals surface area contributed by atoms with Crippen LogP contribution in [-0.4, -0.2) is 6.61 Å². The first-order valence-electron chi connectivity index (χ1n) is 3.86. The van der Waals surface area contributed by atoms with E-state index in [-0.39, 0.29) is 0 Å². The molecule has 0 amide bonds. The van der Waals surface area contributed by atoms with Crippen molar-refractivity contribution in [2.24, 2.45) is 0 Å². The summed E-state index contributed by atoms with van der Waals surface area (Å²) in [6.45, 7) is 3.31. The summed E-state index contributed by atoms with van der Waals surface area (Å²) in [6.07, 6.45) is 0. The molecule has 1 aromatic carbocycles. The maximum Gasteiger partial charge on any atom is 0.0728 e. The molecule has 0 aliphatic heterocycles. The number of benzene rings is 1. The highest BCUT2D eigenvalue weighted by atomic mass is 79.9. The monoisotopic (exact) mass is 229 g/mol. The molecule has 0 spiro atoms. The standard InChI is InChI=1S/C9H12BrNO/c1-2-12-6-7-4-3-5-8(11)9(7)10/h3-5H,2,6,11H2,1H3. The van der Waals surface area contributed by atoms with E-state index in [1.165, 1.54) is 0 Å². The molecule has 0 heterocycles. The van der Waals surface area contributed by atoms with Crippen molar-refractivity contribution < 1.29 is 4.74 Å². The smallest absolute Gasteiger partial charge is 0.0728 e. The fourth-order valence-corrected chi connectivity index (χ4v) is 1.30. The van der Waals surface area contributed by atoms with Crippen LogP contribution in [-0.2, 0) is 11.3 Å². The molecule has 1 rings (SSSR count). The van der Waals surface area contributed by atoms with E-state index < -0.39 is 0 Å². The van der Waals surface area contributed by atoms with Gasteiger partial charge in [0.15, 0.2) is 0 Å². The van der Waals surface area contributed by atoms with Gasteiger partial charge in [-0.05, 0) is 34.5 Å². The highest BCUT2D eigenvalue weighted by molar-refractivity contribution is 9.10. The summed E-state index contributed by atoms with van der Waals surface area (Å²) in [7, 11) is 0. The Balaban J connectivity index is 2.78. The zero-order valence-corrected chi connectivity index (χ0v) is 8.60. The zero-order chi connectivity index (χ0) is 8.97. The summed E-state index contributed by atoms with van der Waals surface area (Å²) < 4.78 is 6.21. The second-order valence-corrected chi connectivity index (χ2v) is 3.25. The molecule has 66 valence electrons. The molecule has 2 N–H and O–H groups in total. The lowest BCUT2D eigenvalue weighted by Crippen LogP contribution is -1.95. The van der Waals surface area contributed by atoms with Crippen LogP contribution in [0.3, 0.4) is 0 Å². The van der Waals surface area contributed by atoms with Crippen molar-refractivity contribution in [3.8, 4) is 0 Å². The molecule has 0 saturated carbocycles. The van der Waals surface area contributed by atoms with Gasteiger partial charge in [-0.1, -0.05) is 12.1 Å². The molecule has 0 bridgehead atoms. The van der Waals surface area contributed by atoms with Crippen molar-refractivity contribution >= 4 is 21.6 Å². The van der Waals surface area contributed by atoms with Crippen LogP contribution < -0.4 is 5.73 Å². The maximum atomic E-state index is 5.69. The molecule has 12 heavy (non-hydrogen) atoms. The van der Waals surface area contributed by atoms with E-state index in [0.29, 0.717) is 6.61 Å². The third-order valence-corrected chi connectivity index (χ3v) is 2.54. The first-order valence-corrected chi connectivity index (χ1v) is 4.65. The Morgan fingerprint density at radius 2 is 2.25 bits per heavy atom. The zero-order valence-electron chi connectivity index (χ0n) is 7.01. The van der Waals surface area contributed by atoms with Gasteiger partial charge in [-0.2, -0.15) is 0 Å². The van der Waals surface area contributed by atoms with Gasteiger partial charge in [0, 0.05) is 16.8 Å². The van der Waals surface area contributed by atoms with Gasteiger partial charge >= 0.3 is 0 Å². The Hall–Kier alpha value is -0.540. The highest BCUT2D eigenvalue weighted by Crippen LogP contribution is 2.24. The van der Waals surface area contributed by atoms with Crippen molar-refractivity contribution in [3.05, 3.63) is 28.2 Å². The molecule has 0 saturated heterocycles. The summed E-state index contributed by atoms with van der Waals surface area (Å²) in [4.78, 5) is 0. The minimum atomic E-state index is 0.613. The van der Waals surface area contributed by atoms with Crippen LogP contribution >= 0.6 is 15.9 Å². The van der Waals surface area contributed by atoms with E-state index in [1.54, 1.807) is 0 Å². The Morgan fingerprint density at radius 1 is 1.50 bits per heavy atom. The van der Waals surface area contributed by atoms with Crippen molar-refractivity contribution in [2.75, 3.05) is 12.3 Å². The predicted molar refractivity (Wildman–Crippen MR) is 53.9 cm³/mol. The molecule has 0 aliphatic carbocycles. The van der Waals surface area contributed by atoms with Crippen LogP contribution in [0.1, 0.15) is 12.5 Å². The van der Waals surface area contributed by atoms with Crippen LogP contribution in [0.25, 0.3) is 0 Å². The SMILES string of the molecule is CCOCc1cccc(N)c1Br. The Labute approximate surface area is 80.8 Å². The predicted octanol–water partition coefficient (Wildman–Crippen LogP) is 2.57. The Kier molecular flexibility index (Phi) is 3.56. The van der Waals surface area contributed by atoms with E-state index in [9.17, 15) is 0 Å². The molecule has 0 aliphatic rings. The largest absolute Gasteiger partial charge is 0.398 e. The third-order valence-electron chi connectivity index (χ3n) is 1.57. The van der Waals surface area contributed by atoms with E-state index in [1.807, 2.05) is 25.1 Å². The number of ether oxygens (including phenoxy) is 1. The minimum Gasteiger partial charge on any atom is -0.398 e. The van der Waals surface area contributed by atoms with Gasteiger partial charge in [0.2, 0.25) is 0 Å². The van der Waals surface area contributed by atoms with E-state index in [0.717, 1.165) is 22.3 Å². The molecule has 3 heteroatoms. The van der Waals surface area contributed by atoms with Gasteiger partial charge < -0.3 is 10.5 Å². The summed E-state index contributed by atoms with van der Waals surface area (Å²) in [5, 5.41) is 0. The van der Waals surface area contributed by atoms with Crippen LogP contribution in [0.4, 0.5) is 5.69 Å². The minimum absolute atomic E-state index is 0.613. The number of halogens is 1. The lowest BCUT2D eigenvalue weighted by molar-refractivity contribution is 0.133. The summed E-state index contributed by atoms with van der Waals surface area (Å²) in [5.74, 6) is 0. The number of nitrogen functional groups attached to an aromatic ring is 1. The lowest BCUT2D eigenvalue weighted by atomic mass is 10.2. The van der Waals surface area contributed by atoms with Crippen molar-refractivity contribution in [3.63, 3.8) is 0 Å². The number of rotatable bonds is 3. The van der Waals surface area contributed by atoms with Crippen molar-refractivity contribution in [1.29, 1.82) is 0 Å². The third kappa shape index (κ3) is 2.22. The van der Waals surface area contributed by atoms with E-state index in [2.05, 4.69) is 15.9 Å². The Bertz CT molecular complexity index is 263. The van der Waals surface area contributed by atoms with Crippen LogP contribution in [0.5, 0.6) is 0 Å². The van der Waals surface area contributed by atoms with Crippen LogP contribution in [0.2, 0.25) is 0 Å².